The zero-order chi connectivity index (χ0) is 26.5. The monoisotopic (exact) mass is 514 g/mol. The summed E-state index contributed by atoms with van der Waals surface area (Å²) in [5.41, 5.74) is -0.312. The molecule has 36 heavy (non-hydrogen) atoms. The summed E-state index contributed by atoms with van der Waals surface area (Å²) in [4.78, 5) is 17.2. The molecular weight excluding hydrogens is 486 g/mol. The molecule has 0 radical (unpaired) electrons. The smallest absolute Gasteiger partial charge is 0.287 e. The van der Waals surface area contributed by atoms with Gasteiger partial charge in [-0.2, -0.15) is 8.78 Å². The molecule has 1 aromatic carbocycles. The van der Waals surface area contributed by atoms with E-state index >= 15 is 0 Å². The van der Waals surface area contributed by atoms with Crippen molar-refractivity contribution in [3.8, 4) is 5.82 Å². The number of allylic oxidation sites excluding steroid dienone is 5. The van der Waals surface area contributed by atoms with E-state index in [0.717, 1.165) is 10.9 Å². The number of anilines is 1. The summed E-state index contributed by atoms with van der Waals surface area (Å²) in [5, 5.41) is 2.48. The Kier molecular flexibility index (Phi) is 8.09. The Morgan fingerprint density at radius 2 is 1.89 bits per heavy atom. The van der Waals surface area contributed by atoms with Gasteiger partial charge in [-0.1, -0.05) is 43.0 Å². The van der Waals surface area contributed by atoms with E-state index in [9.17, 15) is 22.0 Å². The van der Waals surface area contributed by atoms with Crippen LogP contribution >= 0.6 is 0 Å². The number of aromatic amines is 1. The van der Waals surface area contributed by atoms with Crippen molar-refractivity contribution in [3.05, 3.63) is 107 Å². The zero-order valence-corrected chi connectivity index (χ0v) is 21.1. The summed E-state index contributed by atoms with van der Waals surface area (Å²) >= 11 is 0. The highest BCUT2D eigenvalue weighted by Gasteiger charge is 2.35. The molecule has 3 rings (SSSR count). The highest BCUT2D eigenvalue weighted by atomic mass is 32.2. The molecule has 190 valence electrons. The second-order valence-corrected chi connectivity index (χ2v) is 9.69. The predicted octanol–water partition coefficient (Wildman–Crippen LogP) is 5.12. The third kappa shape index (κ3) is 5.23. The van der Waals surface area contributed by atoms with Crippen molar-refractivity contribution in [1.29, 1.82) is 0 Å². The lowest BCUT2D eigenvalue weighted by Gasteiger charge is -2.22. The number of benzene rings is 1. The summed E-state index contributed by atoms with van der Waals surface area (Å²) in [7, 11) is -3.94. The third-order valence-corrected chi connectivity index (χ3v) is 7.47. The highest BCUT2D eigenvalue weighted by Crippen LogP contribution is 2.31. The molecule has 0 aliphatic carbocycles. The van der Waals surface area contributed by atoms with Gasteiger partial charge in [-0.15, -0.1) is 0 Å². The summed E-state index contributed by atoms with van der Waals surface area (Å²) in [6.45, 7) is 8.74. The van der Waals surface area contributed by atoms with Gasteiger partial charge in [0, 0.05) is 19.2 Å². The van der Waals surface area contributed by atoms with Crippen molar-refractivity contribution in [1.82, 2.24) is 14.8 Å². The summed E-state index contributed by atoms with van der Waals surface area (Å²) in [6.07, 6.45) is 6.13. The molecule has 0 saturated heterocycles. The van der Waals surface area contributed by atoms with Crippen molar-refractivity contribution in [2.45, 2.75) is 38.0 Å². The number of para-hydroxylation sites is 1. The van der Waals surface area contributed by atoms with Crippen molar-refractivity contribution in [2.24, 2.45) is 0 Å². The number of nitrogens with one attached hydrogen (secondary N) is 1. The first-order valence-corrected chi connectivity index (χ1v) is 12.7. The van der Waals surface area contributed by atoms with Crippen LogP contribution in [0.5, 0.6) is 0 Å². The topological polar surface area (TPSA) is 88.1 Å². The Labute approximate surface area is 209 Å². The van der Waals surface area contributed by atoms with E-state index in [4.69, 9.17) is 0 Å². The molecule has 0 bridgehead atoms. The standard InChI is InChI=1S/C26H28F2N4O3S/c1-5-16-26(27,28)24-22(17-19(6-2)7-3)25(33)32(30-24)23-15-14-21(18-29-23)36(34,35)31(8-4)20-12-10-9-11-13-20/h5-7,9-16,18,30H,2,8,17H2,1,3-4H3/b16-5+,19-7+. The predicted molar refractivity (Wildman–Crippen MR) is 137 cm³/mol. The first kappa shape index (κ1) is 26.8. The van der Waals surface area contributed by atoms with Gasteiger partial charge < -0.3 is 0 Å². The minimum atomic E-state index is -3.94. The van der Waals surface area contributed by atoms with Crippen LogP contribution in [0, 0.1) is 0 Å². The van der Waals surface area contributed by atoms with E-state index in [-0.39, 0.29) is 29.2 Å². The number of rotatable bonds is 10. The maximum atomic E-state index is 14.9. The van der Waals surface area contributed by atoms with Crippen molar-refractivity contribution >= 4 is 15.7 Å². The van der Waals surface area contributed by atoms with E-state index in [1.165, 1.54) is 35.5 Å². The summed E-state index contributed by atoms with van der Waals surface area (Å²) in [5.74, 6) is -3.46. The van der Waals surface area contributed by atoms with Crippen LogP contribution in [0.25, 0.3) is 5.82 Å². The summed E-state index contributed by atoms with van der Waals surface area (Å²) in [6, 6.07) is 11.2. The van der Waals surface area contributed by atoms with E-state index < -0.39 is 27.2 Å². The molecule has 3 aromatic rings. The maximum absolute atomic E-state index is 14.9. The van der Waals surface area contributed by atoms with Crippen LogP contribution in [0.1, 0.15) is 32.0 Å². The lowest BCUT2D eigenvalue weighted by atomic mass is 10.0. The molecule has 10 heteroatoms. The van der Waals surface area contributed by atoms with Gasteiger partial charge in [0.2, 0.25) is 0 Å². The average molecular weight is 515 g/mol. The molecule has 2 heterocycles. The number of aromatic nitrogens is 3. The minimum absolute atomic E-state index is 0.0221. The minimum Gasteiger partial charge on any atom is -0.287 e. The maximum Gasteiger partial charge on any atom is 0.307 e. The molecule has 0 aliphatic heterocycles. The van der Waals surface area contributed by atoms with Crippen LogP contribution < -0.4 is 9.86 Å². The largest absolute Gasteiger partial charge is 0.307 e. The first-order chi connectivity index (χ1) is 17.1. The van der Waals surface area contributed by atoms with Gasteiger partial charge in [-0.25, -0.2) is 18.1 Å². The molecule has 0 amide bonds. The Balaban J connectivity index is 2.08. The van der Waals surface area contributed by atoms with Gasteiger partial charge in [0.15, 0.2) is 5.82 Å². The number of pyridine rings is 1. The quantitative estimate of drug-likeness (QED) is 0.301. The van der Waals surface area contributed by atoms with Crippen LogP contribution in [0.4, 0.5) is 14.5 Å². The fourth-order valence-electron chi connectivity index (χ4n) is 3.73. The second kappa shape index (κ2) is 10.9. The lowest BCUT2D eigenvalue weighted by molar-refractivity contribution is 0.0458. The number of hydrogen-bond donors (Lipinski definition) is 1. The van der Waals surface area contributed by atoms with E-state index in [1.54, 1.807) is 50.3 Å². The van der Waals surface area contributed by atoms with Crippen molar-refractivity contribution < 1.29 is 17.2 Å². The van der Waals surface area contributed by atoms with Crippen LogP contribution in [0.2, 0.25) is 0 Å². The lowest BCUT2D eigenvalue weighted by Crippen LogP contribution is -2.30. The van der Waals surface area contributed by atoms with Gasteiger partial charge in [-0.05, 0) is 56.7 Å². The molecule has 0 atom stereocenters. The van der Waals surface area contributed by atoms with Gasteiger partial charge in [0.1, 0.15) is 10.6 Å². The summed E-state index contributed by atoms with van der Waals surface area (Å²) < 4.78 is 58.3. The van der Waals surface area contributed by atoms with Gasteiger partial charge in [0.25, 0.3) is 15.6 Å². The SMILES string of the molecule is C=C/C(=C\C)Cc1c(C(F)(F)/C=C/C)[nH]n(-c2ccc(S(=O)(=O)N(CC)c3ccccc3)cn2)c1=O. The van der Waals surface area contributed by atoms with Gasteiger partial charge >= 0.3 is 5.92 Å². The average Bonchev–Trinajstić information content (AvgIpc) is 3.20. The van der Waals surface area contributed by atoms with E-state index in [2.05, 4.69) is 16.7 Å². The van der Waals surface area contributed by atoms with Crippen LogP contribution in [-0.2, 0) is 22.4 Å². The van der Waals surface area contributed by atoms with E-state index in [0.29, 0.717) is 17.3 Å². The molecule has 0 unspecified atom stereocenters. The zero-order valence-electron chi connectivity index (χ0n) is 20.3. The van der Waals surface area contributed by atoms with Gasteiger partial charge in [0.05, 0.1) is 11.3 Å². The van der Waals surface area contributed by atoms with Crippen molar-refractivity contribution in [3.63, 3.8) is 0 Å². The van der Waals surface area contributed by atoms with Crippen LogP contribution in [0.15, 0.2) is 94.8 Å². The number of halogens is 2. The third-order valence-electron chi connectivity index (χ3n) is 5.58. The molecule has 0 saturated carbocycles. The first-order valence-electron chi connectivity index (χ1n) is 11.3. The van der Waals surface area contributed by atoms with Crippen LogP contribution in [-0.4, -0.2) is 29.7 Å². The molecule has 0 fully saturated rings. The molecule has 0 spiro atoms. The number of sulfonamides is 1. The fourth-order valence-corrected chi connectivity index (χ4v) is 5.15. The van der Waals surface area contributed by atoms with Crippen molar-refractivity contribution in [2.75, 3.05) is 10.8 Å². The van der Waals surface area contributed by atoms with Crippen LogP contribution in [0.3, 0.4) is 0 Å². The Bertz CT molecular complexity index is 1440. The fraction of sp³-hybridized carbons (Fsp3) is 0.231. The molecular formula is C26H28F2N4O3S. The normalized spacial score (nSPS) is 12.8. The Morgan fingerprint density at radius 3 is 2.42 bits per heavy atom. The number of nitrogens with zero attached hydrogens (tertiary/aromatic N) is 3. The second-order valence-electron chi connectivity index (χ2n) is 7.83. The van der Waals surface area contributed by atoms with Gasteiger partial charge in [-0.3, -0.25) is 14.2 Å². The number of H-pyrrole nitrogens is 1. The molecule has 2 aromatic heterocycles. The Hall–Kier alpha value is -3.79. The van der Waals surface area contributed by atoms with E-state index in [1.807, 2.05) is 0 Å². The molecule has 1 N–H and O–H groups in total. The highest BCUT2D eigenvalue weighted by molar-refractivity contribution is 7.92. The number of hydrogen-bond acceptors (Lipinski definition) is 4. The molecule has 0 aliphatic rings. The number of alkyl halides is 2. The molecule has 7 nitrogen and oxygen atoms in total. The Morgan fingerprint density at radius 1 is 1.19 bits per heavy atom.